The van der Waals surface area contributed by atoms with E-state index in [9.17, 15) is 4.79 Å². The van der Waals surface area contributed by atoms with Gasteiger partial charge in [-0.05, 0) is 24.6 Å². The Morgan fingerprint density at radius 1 is 1.06 bits per heavy atom. The minimum Gasteiger partial charge on any atom is -0.376 e. The topological polar surface area (TPSA) is 23.6 Å². The zero-order chi connectivity index (χ0) is 12.7. The maximum absolute atomic E-state index is 10.7. The number of rotatable bonds is 3. The van der Waals surface area contributed by atoms with Gasteiger partial charge in [-0.15, -0.1) is 0 Å². The fourth-order valence-electron chi connectivity index (χ4n) is 1.35. The summed E-state index contributed by atoms with van der Waals surface area (Å²) in [6.07, 6.45) is 0.817. The van der Waals surface area contributed by atoms with Gasteiger partial charge in [0, 0.05) is 21.1 Å². The van der Waals surface area contributed by atoms with E-state index in [4.69, 9.17) is 0 Å². The highest BCUT2D eigenvalue weighted by atomic mass is 16.1. The summed E-state index contributed by atoms with van der Waals surface area (Å²) in [7, 11) is 5.69. The van der Waals surface area contributed by atoms with Crippen molar-refractivity contribution in [2.45, 2.75) is 20.8 Å². The van der Waals surface area contributed by atoms with Gasteiger partial charge in [-0.2, -0.15) is 0 Å². The first kappa shape index (κ1) is 14.5. The van der Waals surface area contributed by atoms with Crippen LogP contribution in [0.2, 0.25) is 0 Å². The molecule has 0 aliphatic rings. The molecule has 1 amide bonds. The van der Waals surface area contributed by atoms with Gasteiger partial charge in [0.25, 0.3) is 0 Å². The molecule has 0 unspecified atom stereocenters. The fraction of sp³-hybridized carbons (Fsp3) is 0.462. The first-order valence-electron chi connectivity index (χ1n) is 5.52. The second-order valence-electron chi connectivity index (χ2n) is 3.60. The highest BCUT2D eigenvalue weighted by Gasteiger charge is 2.07. The number of carbonyl (C=O) groups excluding carboxylic acids is 1. The van der Waals surface area contributed by atoms with E-state index in [-0.39, 0.29) is 0 Å². The van der Waals surface area contributed by atoms with E-state index in [1.54, 1.807) is 11.9 Å². The van der Waals surface area contributed by atoms with Crippen LogP contribution in [-0.2, 0) is 4.79 Å². The molecule has 3 nitrogen and oxygen atoms in total. The van der Waals surface area contributed by atoms with Crippen molar-refractivity contribution in [1.29, 1.82) is 0 Å². The number of carbonyl (C=O) groups is 1. The predicted molar refractivity (Wildman–Crippen MR) is 71.3 cm³/mol. The zero-order valence-electron chi connectivity index (χ0n) is 11.1. The Balaban J connectivity index is 0.00000106. The van der Waals surface area contributed by atoms with Gasteiger partial charge in [-0.1, -0.05) is 19.9 Å². The molecule has 1 rings (SSSR count). The molecule has 0 aliphatic carbocycles. The van der Waals surface area contributed by atoms with Gasteiger partial charge < -0.3 is 9.80 Å². The van der Waals surface area contributed by atoms with Gasteiger partial charge in [0.1, 0.15) is 0 Å². The molecule has 0 aliphatic heterocycles. The van der Waals surface area contributed by atoms with Crippen molar-refractivity contribution in [3.05, 3.63) is 23.8 Å². The van der Waals surface area contributed by atoms with Crippen molar-refractivity contribution in [3.63, 3.8) is 0 Å². The molecular formula is C13H22N2O. The summed E-state index contributed by atoms with van der Waals surface area (Å²) in [6, 6.07) is 6.02. The van der Waals surface area contributed by atoms with E-state index in [1.807, 2.05) is 51.9 Å². The second kappa shape index (κ2) is 6.88. The van der Waals surface area contributed by atoms with E-state index in [2.05, 4.69) is 6.07 Å². The third kappa shape index (κ3) is 3.57. The van der Waals surface area contributed by atoms with Gasteiger partial charge >= 0.3 is 0 Å². The standard InChI is InChI=1S/C11H16N2O.C2H6/c1-9-5-6-10(13(4)8-14)11(7-9)12(2)3;1-2/h5-8H,1-4H3;1-2H3. The van der Waals surface area contributed by atoms with Crippen molar-refractivity contribution in [2.24, 2.45) is 0 Å². The lowest BCUT2D eigenvalue weighted by Crippen LogP contribution is -2.19. The average Bonchev–Trinajstić information content (AvgIpc) is 2.30. The lowest BCUT2D eigenvalue weighted by Gasteiger charge is -2.21. The molecule has 0 N–H and O–H groups in total. The van der Waals surface area contributed by atoms with Crippen molar-refractivity contribution in [2.75, 3.05) is 30.9 Å². The normalized spacial score (nSPS) is 8.88. The molecule has 1 aromatic carbocycles. The molecule has 0 heterocycles. The van der Waals surface area contributed by atoms with E-state index in [0.717, 1.165) is 17.8 Å². The monoisotopic (exact) mass is 222 g/mol. The van der Waals surface area contributed by atoms with Crippen LogP contribution in [0.1, 0.15) is 19.4 Å². The van der Waals surface area contributed by atoms with Gasteiger partial charge in [-0.25, -0.2) is 0 Å². The smallest absolute Gasteiger partial charge is 0.213 e. The minimum atomic E-state index is 0.817. The molecule has 1 aromatic rings. The van der Waals surface area contributed by atoms with Crippen LogP contribution < -0.4 is 9.80 Å². The van der Waals surface area contributed by atoms with E-state index in [0.29, 0.717) is 0 Å². The summed E-state index contributed by atoms with van der Waals surface area (Å²) >= 11 is 0. The second-order valence-corrected chi connectivity index (χ2v) is 3.60. The Morgan fingerprint density at radius 2 is 1.62 bits per heavy atom. The lowest BCUT2D eigenvalue weighted by atomic mass is 10.1. The maximum atomic E-state index is 10.7. The van der Waals surface area contributed by atoms with Crippen LogP contribution in [0, 0.1) is 6.92 Å². The predicted octanol–water partition coefficient (Wildman–Crippen LogP) is 2.68. The average molecular weight is 222 g/mol. The first-order valence-corrected chi connectivity index (χ1v) is 5.52. The Hall–Kier alpha value is -1.51. The van der Waals surface area contributed by atoms with E-state index >= 15 is 0 Å². The SMILES string of the molecule is CC.Cc1ccc(N(C)C=O)c(N(C)C)c1. The summed E-state index contributed by atoms with van der Waals surface area (Å²) in [4.78, 5) is 14.3. The third-order valence-corrected chi connectivity index (χ3v) is 2.15. The molecule has 90 valence electrons. The molecule has 0 bridgehead atoms. The number of nitrogens with zero attached hydrogens (tertiary/aromatic N) is 2. The number of hydrogen-bond donors (Lipinski definition) is 0. The Bertz CT molecular complexity index is 335. The molecule has 0 aromatic heterocycles. The molecule has 0 spiro atoms. The molecule has 0 saturated heterocycles. The van der Waals surface area contributed by atoms with Gasteiger partial charge in [0.05, 0.1) is 11.4 Å². The van der Waals surface area contributed by atoms with Crippen LogP contribution in [0.25, 0.3) is 0 Å². The van der Waals surface area contributed by atoms with Gasteiger partial charge in [0.2, 0.25) is 6.41 Å². The number of amides is 1. The Morgan fingerprint density at radius 3 is 2.06 bits per heavy atom. The summed E-state index contributed by atoms with van der Waals surface area (Å²) in [5.74, 6) is 0. The minimum absolute atomic E-state index is 0.817. The maximum Gasteiger partial charge on any atom is 0.213 e. The molecule has 0 radical (unpaired) electrons. The molecular weight excluding hydrogens is 200 g/mol. The van der Waals surface area contributed by atoms with Crippen molar-refractivity contribution < 1.29 is 4.79 Å². The summed E-state index contributed by atoms with van der Waals surface area (Å²) in [5.41, 5.74) is 3.17. The number of benzene rings is 1. The highest BCUT2D eigenvalue weighted by Crippen LogP contribution is 2.27. The summed E-state index contributed by atoms with van der Waals surface area (Å²) < 4.78 is 0. The quantitative estimate of drug-likeness (QED) is 0.734. The molecule has 0 fully saturated rings. The number of hydrogen-bond acceptors (Lipinski definition) is 2. The van der Waals surface area contributed by atoms with Crippen molar-refractivity contribution >= 4 is 17.8 Å². The van der Waals surface area contributed by atoms with Crippen LogP contribution in [0.4, 0.5) is 11.4 Å². The van der Waals surface area contributed by atoms with Crippen LogP contribution in [0.3, 0.4) is 0 Å². The Kier molecular flexibility index (Phi) is 6.23. The third-order valence-electron chi connectivity index (χ3n) is 2.15. The van der Waals surface area contributed by atoms with Gasteiger partial charge in [0.15, 0.2) is 0 Å². The highest BCUT2D eigenvalue weighted by molar-refractivity contribution is 5.83. The van der Waals surface area contributed by atoms with Gasteiger partial charge in [-0.3, -0.25) is 4.79 Å². The molecule has 3 heteroatoms. The number of anilines is 2. The molecule has 0 atom stereocenters. The van der Waals surface area contributed by atoms with Crippen LogP contribution in [-0.4, -0.2) is 27.6 Å². The van der Waals surface area contributed by atoms with Crippen molar-refractivity contribution in [3.8, 4) is 0 Å². The summed E-state index contributed by atoms with van der Waals surface area (Å²) in [5, 5.41) is 0. The van der Waals surface area contributed by atoms with E-state index in [1.165, 1.54) is 5.56 Å². The largest absolute Gasteiger partial charge is 0.376 e. The Labute approximate surface area is 98.7 Å². The molecule has 16 heavy (non-hydrogen) atoms. The zero-order valence-corrected chi connectivity index (χ0v) is 11.1. The van der Waals surface area contributed by atoms with Crippen molar-refractivity contribution in [1.82, 2.24) is 0 Å². The van der Waals surface area contributed by atoms with E-state index < -0.39 is 0 Å². The summed E-state index contributed by atoms with van der Waals surface area (Å²) in [6.45, 7) is 6.04. The van der Waals surface area contributed by atoms with Crippen LogP contribution >= 0.6 is 0 Å². The first-order chi connectivity index (χ1) is 7.56. The molecule has 0 saturated carbocycles. The van der Waals surface area contributed by atoms with Crippen LogP contribution in [0.5, 0.6) is 0 Å². The number of aryl methyl sites for hydroxylation is 1. The van der Waals surface area contributed by atoms with Crippen LogP contribution in [0.15, 0.2) is 18.2 Å². The fourth-order valence-corrected chi connectivity index (χ4v) is 1.35. The lowest BCUT2D eigenvalue weighted by molar-refractivity contribution is -0.107.